The molecule has 3 rings (SSSR count). The van der Waals surface area contributed by atoms with Crippen molar-refractivity contribution >= 4 is 15.7 Å². The summed E-state index contributed by atoms with van der Waals surface area (Å²) in [4.78, 5) is 13.1. The molecular formula is C21H21N5O3S. The van der Waals surface area contributed by atoms with Gasteiger partial charge in [0.25, 0.3) is 0 Å². The van der Waals surface area contributed by atoms with Crippen LogP contribution in [0.2, 0.25) is 0 Å². The molecule has 3 heterocycles. The SMILES string of the molecule is Cc1cc(C)c(Oc2nc(-c3cncc(C#N)c3)c(C)cc2NS(C)(=O)=O)c(C)n1. The molecule has 0 aromatic carbocycles. The maximum absolute atomic E-state index is 11.9. The summed E-state index contributed by atoms with van der Waals surface area (Å²) in [6, 6.07) is 7.24. The molecule has 154 valence electrons. The largest absolute Gasteiger partial charge is 0.435 e. The maximum atomic E-state index is 11.9. The molecule has 9 heteroatoms. The van der Waals surface area contributed by atoms with E-state index < -0.39 is 10.0 Å². The van der Waals surface area contributed by atoms with Crippen LogP contribution >= 0.6 is 0 Å². The molecule has 0 aliphatic heterocycles. The smallest absolute Gasteiger partial charge is 0.244 e. The Hall–Kier alpha value is -3.51. The molecule has 0 fully saturated rings. The van der Waals surface area contributed by atoms with Crippen LogP contribution in [0.5, 0.6) is 11.6 Å². The molecule has 0 amide bonds. The second kappa shape index (κ2) is 8.08. The monoisotopic (exact) mass is 423 g/mol. The molecule has 0 aliphatic carbocycles. The molecule has 0 spiro atoms. The lowest BCUT2D eigenvalue weighted by atomic mass is 10.1. The van der Waals surface area contributed by atoms with Crippen LogP contribution in [0, 0.1) is 39.0 Å². The summed E-state index contributed by atoms with van der Waals surface area (Å²) in [6.07, 6.45) is 4.11. The Labute approximate surface area is 175 Å². The van der Waals surface area contributed by atoms with Crippen molar-refractivity contribution in [3.05, 3.63) is 58.7 Å². The lowest BCUT2D eigenvalue weighted by molar-refractivity contribution is 0.455. The summed E-state index contributed by atoms with van der Waals surface area (Å²) in [6.45, 7) is 7.38. The minimum absolute atomic E-state index is 0.0836. The summed E-state index contributed by atoms with van der Waals surface area (Å²) in [5.74, 6) is 0.587. The van der Waals surface area contributed by atoms with Crippen LogP contribution in [-0.4, -0.2) is 29.6 Å². The Balaban J connectivity index is 2.19. The number of hydrogen-bond donors (Lipinski definition) is 1. The molecule has 8 nitrogen and oxygen atoms in total. The lowest BCUT2D eigenvalue weighted by Crippen LogP contribution is -2.12. The van der Waals surface area contributed by atoms with Gasteiger partial charge in [-0.25, -0.2) is 13.4 Å². The zero-order valence-electron chi connectivity index (χ0n) is 17.3. The van der Waals surface area contributed by atoms with Crippen molar-refractivity contribution in [1.82, 2.24) is 15.0 Å². The highest BCUT2D eigenvalue weighted by Gasteiger charge is 2.18. The van der Waals surface area contributed by atoms with Crippen molar-refractivity contribution in [2.24, 2.45) is 0 Å². The van der Waals surface area contributed by atoms with Crippen LogP contribution in [0.4, 0.5) is 5.69 Å². The van der Waals surface area contributed by atoms with E-state index in [9.17, 15) is 8.42 Å². The number of ether oxygens (including phenoxy) is 1. The first-order valence-electron chi connectivity index (χ1n) is 9.05. The van der Waals surface area contributed by atoms with E-state index in [0.717, 1.165) is 17.5 Å². The van der Waals surface area contributed by atoms with Crippen LogP contribution in [0.1, 0.15) is 28.1 Å². The Bertz CT molecular complexity index is 1260. The molecule has 0 aliphatic rings. The van der Waals surface area contributed by atoms with Crippen molar-refractivity contribution < 1.29 is 13.2 Å². The summed E-state index contributed by atoms with van der Waals surface area (Å²) in [5.41, 5.74) is 4.81. The third-order valence-electron chi connectivity index (χ3n) is 4.27. The van der Waals surface area contributed by atoms with Gasteiger partial charge < -0.3 is 4.74 Å². The Kier molecular flexibility index (Phi) is 5.71. The molecule has 3 aromatic rings. The third-order valence-corrected chi connectivity index (χ3v) is 4.86. The molecular weight excluding hydrogens is 402 g/mol. The van der Waals surface area contributed by atoms with Crippen LogP contribution in [-0.2, 0) is 10.0 Å². The number of rotatable bonds is 5. The zero-order valence-corrected chi connectivity index (χ0v) is 18.1. The van der Waals surface area contributed by atoms with Crippen molar-refractivity contribution in [1.29, 1.82) is 5.26 Å². The predicted molar refractivity (Wildman–Crippen MR) is 114 cm³/mol. The number of pyridine rings is 3. The normalized spacial score (nSPS) is 11.1. The Morgan fingerprint density at radius 3 is 2.40 bits per heavy atom. The van der Waals surface area contributed by atoms with Crippen LogP contribution < -0.4 is 9.46 Å². The molecule has 0 atom stereocenters. The van der Waals surface area contributed by atoms with E-state index in [-0.39, 0.29) is 11.6 Å². The molecule has 0 radical (unpaired) electrons. The number of hydrogen-bond acceptors (Lipinski definition) is 7. The van der Waals surface area contributed by atoms with Gasteiger partial charge in [-0.2, -0.15) is 5.26 Å². The number of sulfonamides is 1. The van der Waals surface area contributed by atoms with Crippen molar-refractivity contribution in [2.45, 2.75) is 27.7 Å². The van der Waals surface area contributed by atoms with Gasteiger partial charge in [0.2, 0.25) is 15.9 Å². The predicted octanol–water partition coefficient (Wildman–Crippen LogP) is 3.81. The molecule has 30 heavy (non-hydrogen) atoms. The number of nitriles is 1. The molecule has 3 aromatic heterocycles. The van der Waals surface area contributed by atoms with E-state index in [1.54, 1.807) is 25.3 Å². The molecule has 0 unspecified atom stereocenters. The highest BCUT2D eigenvalue weighted by atomic mass is 32.2. The first-order chi connectivity index (χ1) is 14.1. The van der Waals surface area contributed by atoms with E-state index in [1.165, 1.54) is 6.20 Å². The van der Waals surface area contributed by atoms with Gasteiger partial charge in [-0.05, 0) is 57.0 Å². The fourth-order valence-electron chi connectivity index (χ4n) is 3.13. The van der Waals surface area contributed by atoms with Gasteiger partial charge in [-0.15, -0.1) is 0 Å². The van der Waals surface area contributed by atoms with E-state index in [0.29, 0.717) is 33.8 Å². The highest BCUT2D eigenvalue weighted by molar-refractivity contribution is 7.92. The molecule has 0 bridgehead atoms. The van der Waals surface area contributed by atoms with Gasteiger partial charge in [-0.1, -0.05) is 0 Å². The van der Waals surface area contributed by atoms with Crippen LogP contribution in [0.25, 0.3) is 11.3 Å². The van der Waals surface area contributed by atoms with E-state index in [1.807, 2.05) is 26.8 Å². The zero-order chi connectivity index (χ0) is 22.1. The third kappa shape index (κ3) is 4.72. The number of aryl methyl sites for hydroxylation is 4. The first-order valence-corrected chi connectivity index (χ1v) is 10.9. The van der Waals surface area contributed by atoms with E-state index in [2.05, 4.69) is 25.7 Å². The minimum atomic E-state index is -3.56. The second-order valence-electron chi connectivity index (χ2n) is 7.05. The quantitative estimate of drug-likeness (QED) is 0.663. The van der Waals surface area contributed by atoms with Crippen molar-refractivity contribution in [3.8, 4) is 29.0 Å². The number of nitrogens with one attached hydrogen (secondary N) is 1. The van der Waals surface area contributed by atoms with Gasteiger partial charge in [0.1, 0.15) is 11.8 Å². The Morgan fingerprint density at radius 1 is 1.03 bits per heavy atom. The van der Waals surface area contributed by atoms with Crippen LogP contribution in [0.3, 0.4) is 0 Å². The fraction of sp³-hybridized carbons (Fsp3) is 0.238. The highest BCUT2D eigenvalue weighted by Crippen LogP contribution is 2.36. The van der Waals surface area contributed by atoms with Gasteiger partial charge in [-0.3, -0.25) is 14.7 Å². The Morgan fingerprint density at radius 2 is 1.77 bits per heavy atom. The summed E-state index contributed by atoms with van der Waals surface area (Å²) in [5, 5.41) is 9.16. The first kappa shape index (κ1) is 21.2. The van der Waals surface area contributed by atoms with Gasteiger partial charge >= 0.3 is 0 Å². The minimum Gasteiger partial charge on any atom is -0.435 e. The fourth-order valence-corrected chi connectivity index (χ4v) is 3.68. The second-order valence-corrected chi connectivity index (χ2v) is 8.80. The topological polar surface area (TPSA) is 118 Å². The number of aromatic nitrogens is 3. The van der Waals surface area contributed by atoms with Gasteiger partial charge in [0, 0.05) is 23.7 Å². The molecule has 1 N–H and O–H groups in total. The van der Waals surface area contributed by atoms with E-state index in [4.69, 9.17) is 10.00 Å². The summed E-state index contributed by atoms with van der Waals surface area (Å²) in [7, 11) is -3.56. The summed E-state index contributed by atoms with van der Waals surface area (Å²) < 4.78 is 32.3. The number of nitrogens with zero attached hydrogens (tertiary/aromatic N) is 4. The number of anilines is 1. The summed E-state index contributed by atoms with van der Waals surface area (Å²) >= 11 is 0. The van der Waals surface area contributed by atoms with Crippen LogP contribution in [0.15, 0.2) is 30.6 Å². The van der Waals surface area contributed by atoms with Gasteiger partial charge in [0.05, 0.1) is 23.2 Å². The van der Waals surface area contributed by atoms with Crippen molar-refractivity contribution in [2.75, 3.05) is 11.0 Å². The lowest BCUT2D eigenvalue weighted by Gasteiger charge is -2.17. The average molecular weight is 423 g/mol. The standard InChI is InChI=1S/C21H21N5O3S/c1-12-7-18(26-30(5,27)28)21(29-20-13(2)6-14(3)24-15(20)4)25-19(12)17-8-16(9-22)10-23-11-17/h6-8,10-11,26H,1-5H3. The maximum Gasteiger partial charge on any atom is 0.244 e. The molecule has 0 saturated carbocycles. The van der Waals surface area contributed by atoms with E-state index >= 15 is 0 Å². The van der Waals surface area contributed by atoms with Crippen molar-refractivity contribution in [3.63, 3.8) is 0 Å². The van der Waals surface area contributed by atoms with Gasteiger partial charge in [0.15, 0.2) is 5.75 Å². The average Bonchev–Trinajstić information content (AvgIpc) is 2.64. The molecule has 0 saturated heterocycles.